The highest BCUT2D eigenvalue weighted by atomic mass is 35.5. The van der Waals surface area contributed by atoms with Crippen LogP contribution in [0.2, 0.25) is 5.02 Å². The van der Waals surface area contributed by atoms with Crippen LogP contribution in [0.1, 0.15) is 0 Å². The average Bonchev–Trinajstić information content (AvgIpc) is 2.57. The van der Waals surface area contributed by atoms with Gasteiger partial charge in [0.1, 0.15) is 12.3 Å². The molecule has 0 heterocycles. The molecule has 134 valence electrons. The third-order valence-corrected chi connectivity index (χ3v) is 3.36. The van der Waals surface area contributed by atoms with Gasteiger partial charge < -0.3 is 14.8 Å². The average molecular weight is 376 g/mol. The van der Waals surface area contributed by atoms with Crippen LogP contribution in [-0.4, -0.2) is 37.8 Å². The molecule has 1 N–H and O–H groups in total. The number of amides is 1. The first-order valence-corrected chi connectivity index (χ1v) is 7.43. The minimum absolute atomic E-state index is 0.387. The van der Waals surface area contributed by atoms with Crippen LogP contribution < -0.4 is 10.1 Å². The second-order valence-electron chi connectivity index (χ2n) is 4.93. The Morgan fingerprint density at radius 1 is 1.04 bits per heavy atom. The van der Waals surface area contributed by atoms with Gasteiger partial charge in [-0.1, -0.05) is 35.9 Å². The van der Waals surface area contributed by atoms with Crippen LogP contribution in [0.4, 0.5) is 13.2 Å². The number of hydrogen-bond donors (Lipinski definition) is 1. The minimum atomic E-state index is -4.53. The van der Waals surface area contributed by atoms with Crippen LogP contribution in [0.15, 0.2) is 36.4 Å². The number of carbonyl (C=O) groups is 2. The van der Waals surface area contributed by atoms with Crippen molar-refractivity contribution in [2.45, 2.75) is 6.18 Å². The molecule has 0 bridgehead atoms. The van der Waals surface area contributed by atoms with Crippen LogP contribution in [0.25, 0.3) is 10.8 Å². The zero-order chi connectivity index (χ0) is 18.4. The van der Waals surface area contributed by atoms with Gasteiger partial charge in [-0.15, -0.1) is 0 Å². The van der Waals surface area contributed by atoms with Gasteiger partial charge >= 0.3 is 12.1 Å². The molecule has 0 saturated carbocycles. The fourth-order valence-corrected chi connectivity index (χ4v) is 2.16. The van der Waals surface area contributed by atoms with Gasteiger partial charge in [-0.05, 0) is 12.1 Å². The van der Waals surface area contributed by atoms with Gasteiger partial charge in [-0.25, -0.2) is 4.79 Å². The summed E-state index contributed by atoms with van der Waals surface area (Å²) < 4.78 is 45.7. The van der Waals surface area contributed by atoms with Crippen LogP contribution in [0.5, 0.6) is 5.75 Å². The molecule has 0 aliphatic rings. The predicted molar refractivity (Wildman–Crippen MR) is 84.5 cm³/mol. The summed E-state index contributed by atoms with van der Waals surface area (Å²) in [6, 6.07) is 10.3. The van der Waals surface area contributed by atoms with E-state index in [1.54, 1.807) is 41.7 Å². The van der Waals surface area contributed by atoms with E-state index in [4.69, 9.17) is 16.3 Å². The van der Waals surface area contributed by atoms with Crippen molar-refractivity contribution in [1.29, 1.82) is 0 Å². The molecule has 5 nitrogen and oxygen atoms in total. The fraction of sp³-hybridized carbons (Fsp3) is 0.250. The normalized spacial score (nSPS) is 11.2. The molecule has 0 radical (unpaired) electrons. The highest BCUT2D eigenvalue weighted by molar-refractivity contribution is 6.35. The van der Waals surface area contributed by atoms with Crippen molar-refractivity contribution >= 4 is 34.2 Å². The van der Waals surface area contributed by atoms with Gasteiger partial charge in [0, 0.05) is 15.8 Å². The lowest BCUT2D eigenvalue weighted by Gasteiger charge is -2.11. The number of benzene rings is 2. The van der Waals surface area contributed by atoms with E-state index in [9.17, 15) is 22.8 Å². The van der Waals surface area contributed by atoms with Crippen molar-refractivity contribution in [3.8, 4) is 5.75 Å². The van der Waals surface area contributed by atoms with Crippen molar-refractivity contribution in [2.24, 2.45) is 0 Å². The molecule has 2 aromatic carbocycles. The summed E-state index contributed by atoms with van der Waals surface area (Å²) in [5.41, 5.74) is 0. The third-order valence-electron chi connectivity index (χ3n) is 3.03. The number of hydrogen-bond acceptors (Lipinski definition) is 4. The molecular weight excluding hydrogens is 363 g/mol. The number of nitrogens with one attached hydrogen (secondary N) is 1. The van der Waals surface area contributed by atoms with E-state index in [1.165, 1.54) is 0 Å². The zero-order valence-electron chi connectivity index (χ0n) is 12.7. The first kappa shape index (κ1) is 18.9. The molecule has 9 heteroatoms. The van der Waals surface area contributed by atoms with Gasteiger partial charge in [0.15, 0.2) is 13.2 Å². The molecular formula is C16H13ClF3NO4. The second kappa shape index (κ2) is 8.06. The summed E-state index contributed by atoms with van der Waals surface area (Å²) in [7, 11) is 0. The second-order valence-corrected chi connectivity index (χ2v) is 5.34. The molecule has 2 rings (SSSR count). The zero-order valence-corrected chi connectivity index (χ0v) is 13.5. The molecule has 1 amide bonds. The Balaban J connectivity index is 1.85. The number of fused-ring (bicyclic) bond motifs is 1. The third kappa shape index (κ3) is 5.82. The minimum Gasteiger partial charge on any atom is -0.481 e. The van der Waals surface area contributed by atoms with Gasteiger partial charge in [-0.2, -0.15) is 13.2 Å². The van der Waals surface area contributed by atoms with Gasteiger partial charge in [0.2, 0.25) is 0 Å². The number of ether oxygens (including phenoxy) is 2. The Kier molecular flexibility index (Phi) is 6.08. The van der Waals surface area contributed by atoms with Crippen LogP contribution >= 0.6 is 11.6 Å². The van der Waals surface area contributed by atoms with Gasteiger partial charge in [0.25, 0.3) is 5.91 Å². The molecule has 2 aromatic rings. The Morgan fingerprint density at radius 2 is 1.72 bits per heavy atom. The first-order valence-electron chi connectivity index (χ1n) is 7.05. The Hall–Kier alpha value is -2.48. The monoisotopic (exact) mass is 375 g/mol. The van der Waals surface area contributed by atoms with E-state index in [-0.39, 0.29) is 0 Å². The first-order chi connectivity index (χ1) is 11.8. The Labute approximate surface area is 145 Å². The fourth-order valence-electron chi connectivity index (χ4n) is 1.93. The molecule has 0 aliphatic heterocycles. The SMILES string of the molecule is O=C(COC(=O)COc1ccc(Cl)c2ccccc12)NCC(F)(F)F. The van der Waals surface area contributed by atoms with Gasteiger partial charge in [-0.3, -0.25) is 4.79 Å². The lowest BCUT2D eigenvalue weighted by Crippen LogP contribution is -2.36. The molecule has 0 atom stereocenters. The highest BCUT2D eigenvalue weighted by Crippen LogP contribution is 2.31. The van der Waals surface area contributed by atoms with E-state index in [0.29, 0.717) is 16.2 Å². The summed E-state index contributed by atoms with van der Waals surface area (Å²) >= 11 is 6.07. The van der Waals surface area contributed by atoms with E-state index in [1.807, 2.05) is 0 Å². The predicted octanol–water partition coefficient (Wildman–Crippen LogP) is 3.09. The number of alkyl halides is 3. The van der Waals surface area contributed by atoms with Crippen molar-refractivity contribution in [3.63, 3.8) is 0 Å². The quantitative estimate of drug-likeness (QED) is 0.788. The smallest absolute Gasteiger partial charge is 0.405 e. The van der Waals surface area contributed by atoms with Crippen molar-refractivity contribution < 1.29 is 32.2 Å². The van der Waals surface area contributed by atoms with E-state index >= 15 is 0 Å². The summed E-state index contributed by atoms with van der Waals surface area (Å²) in [6.07, 6.45) is -4.53. The van der Waals surface area contributed by atoms with E-state index in [2.05, 4.69) is 4.74 Å². The molecule has 0 saturated heterocycles. The van der Waals surface area contributed by atoms with Gasteiger partial charge in [0.05, 0.1) is 0 Å². The molecule has 0 fully saturated rings. The topological polar surface area (TPSA) is 64.6 Å². The van der Waals surface area contributed by atoms with Crippen molar-refractivity contribution in [2.75, 3.05) is 19.8 Å². The Bertz CT molecular complexity index is 780. The standard InChI is InChI=1S/C16H13ClF3NO4/c17-12-5-6-13(11-4-2-1-3-10(11)12)24-8-15(23)25-7-14(22)21-9-16(18,19)20/h1-6H,7-9H2,(H,21,22). The van der Waals surface area contributed by atoms with Crippen molar-refractivity contribution in [1.82, 2.24) is 5.32 Å². The van der Waals surface area contributed by atoms with Crippen LogP contribution in [0.3, 0.4) is 0 Å². The maximum atomic E-state index is 11.9. The highest BCUT2D eigenvalue weighted by Gasteiger charge is 2.27. The Morgan fingerprint density at radius 3 is 2.40 bits per heavy atom. The number of esters is 1. The lowest BCUT2D eigenvalue weighted by molar-refractivity contribution is -0.152. The molecule has 0 aromatic heterocycles. The number of halogens is 4. The summed E-state index contributed by atoms with van der Waals surface area (Å²) in [6.45, 7) is -2.81. The van der Waals surface area contributed by atoms with E-state index in [0.717, 1.165) is 5.39 Å². The maximum absolute atomic E-state index is 11.9. The summed E-state index contributed by atoms with van der Waals surface area (Å²) in [5, 5.41) is 3.53. The number of carbonyl (C=O) groups excluding carboxylic acids is 2. The number of rotatable bonds is 6. The molecule has 0 aliphatic carbocycles. The van der Waals surface area contributed by atoms with Crippen LogP contribution in [0, 0.1) is 0 Å². The van der Waals surface area contributed by atoms with E-state index < -0.39 is 37.8 Å². The molecule has 0 spiro atoms. The molecule has 0 unspecified atom stereocenters. The maximum Gasteiger partial charge on any atom is 0.405 e. The summed E-state index contributed by atoms with van der Waals surface area (Å²) in [4.78, 5) is 22.7. The van der Waals surface area contributed by atoms with Crippen molar-refractivity contribution in [3.05, 3.63) is 41.4 Å². The largest absolute Gasteiger partial charge is 0.481 e. The van der Waals surface area contributed by atoms with Crippen LogP contribution in [-0.2, 0) is 14.3 Å². The summed E-state index contributed by atoms with van der Waals surface area (Å²) in [5.74, 6) is -1.55. The lowest BCUT2D eigenvalue weighted by atomic mass is 10.1. The molecule has 25 heavy (non-hydrogen) atoms.